The minimum atomic E-state index is 0.501. The zero-order chi connectivity index (χ0) is 18.5. The summed E-state index contributed by atoms with van der Waals surface area (Å²) >= 11 is 0. The van der Waals surface area contributed by atoms with Crippen LogP contribution in [-0.2, 0) is 0 Å². The van der Waals surface area contributed by atoms with Crippen LogP contribution < -0.4 is 0 Å². The molecule has 2 fully saturated rings. The summed E-state index contributed by atoms with van der Waals surface area (Å²) in [6.45, 7) is 28.8. The zero-order valence-electron chi connectivity index (χ0n) is 17.5. The number of hydrogen-bond acceptors (Lipinski definition) is 0. The first-order chi connectivity index (χ1) is 10.4. The van der Waals surface area contributed by atoms with Crippen LogP contribution in [-0.4, -0.2) is 0 Å². The van der Waals surface area contributed by atoms with E-state index in [1.54, 1.807) is 6.08 Å². The topological polar surface area (TPSA) is 0 Å². The highest BCUT2D eigenvalue weighted by Crippen LogP contribution is 2.68. The van der Waals surface area contributed by atoms with Gasteiger partial charge in [-0.15, -0.1) is 19.7 Å². The van der Waals surface area contributed by atoms with Crippen molar-refractivity contribution in [1.82, 2.24) is 0 Å². The van der Waals surface area contributed by atoms with Gasteiger partial charge in [-0.3, -0.25) is 0 Å². The van der Waals surface area contributed by atoms with Gasteiger partial charge in [-0.1, -0.05) is 61.0 Å². The maximum Gasteiger partial charge on any atom is -0.0234 e. The molecule has 0 heteroatoms. The Kier molecular flexibility index (Phi) is 7.86. The Morgan fingerprint density at radius 1 is 1.04 bits per heavy atom. The highest BCUT2D eigenvalue weighted by atomic mass is 14.6. The van der Waals surface area contributed by atoms with E-state index in [-0.39, 0.29) is 0 Å². The van der Waals surface area contributed by atoms with Crippen molar-refractivity contribution in [2.45, 2.75) is 93.9 Å². The van der Waals surface area contributed by atoms with Crippen molar-refractivity contribution in [3.8, 4) is 0 Å². The van der Waals surface area contributed by atoms with Crippen LogP contribution in [0.25, 0.3) is 0 Å². The van der Waals surface area contributed by atoms with Gasteiger partial charge >= 0.3 is 0 Å². The highest BCUT2D eigenvalue weighted by molar-refractivity contribution is 5.08. The van der Waals surface area contributed by atoms with E-state index < -0.39 is 0 Å². The molecule has 0 amide bonds. The van der Waals surface area contributed by atoms with Crippen molar-refractivity contribution >= 4 is 0 Å². The van der Waals surface area contributed by atoms with Gasteiger partial charge in [0.1, 0.15) is 0 Å². The van der Waals surface area contributed by atoms with Gasteiger partial charge in [0.15, 0.2) is 0 Å². The van der Waals surface area contributed by atoms with Crippen molar-refractivity contribution in [3.05, 3.63) is 25.8 Å². The average molecular weight is 321 g/mol. The molecule has 0 nitrogen and oxygen atoms in total. The molecule has 2 aliphatic carbocycles. The van der Waals surface area contributed by atoms with Crippen LogP contribution in [0.1, 0.15) is 93.9 Å². The molecule has 3 unspecified atom stereocenters. The Labute approximate surface area is 147 Å². The van der Waals surface area contributed by atoms with E-state index in [1.165, 1.54) is 38.5 Å². The maximum atomic E-state index is 3.36. The largest absolute Gasteiger partial charge is 0.106 e. The summed E-state index contributed by atoms with van der Waals surface area (Å²) in [5.74, 6) is 0.922. The van der Waals surface area contributed by atoms with Gasteiger partial charge in [-0.05, 0) is 66.6 Å². The summed E-state index contributed by atoms with van der Waals surface area (Å²) in [5, 5.41) is 0. The Morgan fingerprint density at radius 3 is 1.96 bits per heavy atom. The Balaban J connectivity index is 0.000000868. The number of rotatable bonds is 2. The molecule has 0 N–H and O–H groups in total. The normalized spacial score (nSPS) is 35.0. The van der Waals surface area contributed by atoms with Crippen molar-refractivity contribution in [2.24, 2.45) is 27.6 Å². The second kappa shape index (κ2) is 8.04. The molecule has 3 atom stereocenters. The fraction of sp³-hybridized carbons (Fsp3) is 0.826. The third-order valence-corrected chi connectivity index (χ3v) is 6.39. The second-order valence-electron chi connectivity index (χ2n) is 9.94. The van der Waals surface area contributed by atoms with Crippen molar-refractivity contribution < 1.29 is 0 Å². The first-order valence-electron chi connectivity index (χ1n) is 9.52. The van der Waals surface area contributed by atoms with Crippen LogP contribution in [0, 0.1) is 27.6 Å². The predicted octanol–water partition coefficient (Wildman–Crippen LogP) is 8.05. The maximum absolute atomic E-state index is 3.36. The third kappa shape index (κ3) is 5.23. The van der Waals surface area contributed by atoms with Crippen LogP contribution in [0.4, 0.5) is 0 Å². The summed E-state index contributed by atoms with van der Waals surface area (Å²) < 4.78 is 0. The fourth-order valence-electron chi connectivity index (χ4n) is 6.07. The average Bonchev–Trinajstić information content (AvgIpc) is 2.37. The number of allylic oxidation sites excluding steroid dienone is 1. The Hall–Kier alpha value is -0.520. The second-order valence-corrected chi connectivity index (χ2v) is 9.94. The fourth-order valence-corrected chi connectivity index (χ4v) is 6.07. The first kappa shape index (κ1) is 22.5. The molecule has 0 spiro atoms. The summed E-state index contributed by atoms with van der Waals surface area (Å²) in [5.41, 5.74) is 2.24. The van der Waals surface area contributed by atoms with Gasteiger partial charge in [0.2, 0.25) is 0 Å². The van der Waals surface area contributed by atoms with Crippen LogP contribution in [0.3, 0.4) is 0 Å². The molecule has 0 radical (unpaired) electrons. The molecule has 2 rings (SSSR count). The van der Waals surface area contributed by atoms with E-state index in [1.807, 2.05) is 6.92 Å². The summed E-state index contributed by atoms with van der Waals surface area (Å²) in [6.07, 6.45) is 10.4. The Morgan fingerprint density at radius 2 is 1.52 bits per heavy atom. The van der Waals surface area contributed by atoms with Gasteiger partial charge < -0.3 is 0 Å². The summed E-state index contributed by atoms with van der Waals surface area (Å²) in [4.78, 5) is 0. The van der Waals surface area contributed by atoms with E-state index in [4.69, 9.17) is 0 Å². The van der Waals surface area contributed by atoms with E-state index in [2.05, 4.69) is 68.2 Å². The third-order valence-electron chi connectivity index (χ3n) is 6.39. The lowest BCUT2D eigenvalue weighted by Crippen LogP contribution is -2.53. The molecule has 0 aromatic rings. The molecule has 0 saturated heterocycles. The SMILES string of the molecule is C=C.C=CC.CCC(C)(C)C12CC(C)CC(C)(CC(C)(C)C1)C2. The van der Waals surface area contributed by atoms with Crippen LogP contribution in [0.15, 0.2) is 25.8 Å². The van der Waals surface area contributed by atoms with Crippen molar-refractivity contribution in [1.29, 1.82) is 0 Å². The Bertz CT molecular complexity index is 371. The molecule has 0 aliphatic heterocycles. The van der Waals surface area contributed by atoms with Gasteiger partial charge in [0.05, 0.1) is 0 Å². The molecule has 2 saturated carbocycles. The molecular formula is C23H44. The number of hydrogen-bond donors (Lipinski definition) is 0. The quantitative estimate of drug-likeness (QED) is 0.451. The van der Waals surface area contributed by atoms with Crippen molar-refractivity contribution in [3.63, 3.8) is 0 Å². The first-order valence-corrected chi connectivity index (χ1v) is 9.52. The predicted molar refractivity (Wildman–Crippen MR) is 108 cm³/mol. The minimum Gasteiger partial charge on any atom is -0.106 e. The van der Waals surface area contributed by atoms with Crippen LogP contribution >= 0.6 is 0 Å². The molecule has 136 valence electrons. The molecule has 0 heterocycles. The lowest BCUT2D eigenvalue weighted by molar-refractivity contribution is -0.134. The molecule has 0 aromatic heterocycles. The molecule has 23 heavy (non-hydrogen) atoms. The van der Waals surface area contributed by atoms with Gasteiger partial charge in [0.25, 0.3) is 0 Å². The lowest BCUT2D eigenvalue weighted by Gasteiger charge is -2.64. The van der Waals surface area contributed by atoms with Crippen molar-refractivity contribution in [2.75, 3.05) is 0 Å². The van der Waals surface area contributed by atoms with Crippen LogP contribution in [0.2, 0.25) is 0 Å². The molecule has 2 aliphatic rings. The summed E-state index contributed by atoms with van der Waals surface area (Å²) in [6, 6.07) is 0. The van der Waals surface area contributed by atoms with Gasteiger partial charge in [-0.2, -0.15) is 0 Å². The van der Waals surface area contributed by atoms with E-state index in [0.717, 1.165) is 5.92 Å². The van der Waals surface area contributed by atoms with E-state index in [0.29, 0.717) is 21.7 Å². The zero-order valence-corrected chi connectivity index (χ0v) is 17.5. The molecule has 0 aromatic carbocycles. The smallest absolute Gasteiger partial charge is 0.0234 e. The molecular weight excluding hydrogens is 276 g/mol. The van der Waals surface area contributed by atoms with E-state index >= 15 is 0 Å². The lowest BCUT2D eigenvalue weighted by atomic mass is 9.41. The van der Waals surface area contributed by atoms with Crippen LogP contribution in [0.5, 0.6) is 0 Å². The highest BCUT2D eigenvalue weighted by Gasteiger charge is 2.57. The monoisotopic (exact) mass is 320 g/mol. The summed E-state index contributed by atoms with van der Waals surface area (Å²) in [7, 11) is 0. The van der Waals surface area contributed by atoms with E-state index in [9.17, 15) is 0 Å². The minimum absolute atomic E-state index is 0.501. The molecule has 2 bridgehead atoms. The standard InChI is InChI=1S/C18H34.C3H6.C2H4/c1-8-16(5,6)18-10-14(2)9-17(7,13-18)11-15(3,4)12-18;1-3-2;1-2/h14H,8-13H2,1-7H3;3H,1H2,2H3;1-2H2. The van der Waals surface area contributed by atoms with Gasteiger partial charge in [0, 0.05) is 0 Å². The number of fused-ring (bicyclic) bond motifs is 2. The van der Waals surface area contributed by atoms with Gasteiger partial charge in [-0.25, -0.2) is 0 Å².